The van der Waals surface area contributed by atoms with Crippen LogP contribution in [0.1, 0.15) is 18.4 Å². The van der Waals surface area contributed by atoms with Crippen molar-refractivity contribution in [3.63, 3.8) is 0 Å². The van der Waals surface area contributed by atoms with E-state index in [1.807, 2.05) is 37.3 Å². The van der Waals surface area contributed by atoms with Crippen molar-refractivity contribution in [1.29, 1.82) is 0 Å². The molecule has 0 saturated carbocycles. The quantitative estimate of drug-likeness (QED) is 0.625. The van der Waals surface area contributed by atoms with Crippen LogP contribution in [0.25, 0.3) is 10.2 Å². The lowest BCUT2D eigenvalue weighted by Gasteiger charge is -2.06. The summed E-state index contributed by atoms with van der Waals surface area (Å²) in [5.41, 5.74) is 2.06. The number of nitrogens with zero attached hydrogens (tertiary/aromatic N) is 1. The van der Waals surface area contributed by atoms with E-state index >= 15 is 0 Å². The Morgan fingerprint density at radius 3 is 2.79 bits per heavy atom. The number of fused-ring (bicyclic) bond motifs is 1. The Balaban J connectivity index is 1.46. The van der Waals surface area contributed by atoms with Crippen molar-refractivity contribution in [1.82, 2.24) is 4.98 Å². The molecular weight excluding hydrogens is 344 g/mol. The molecule has 1 amide bonds. The summed E-state index contributed by atoms with van der Waals surface area (Å²) in [6.07, 6.45) is 1.03. The fourth-order valence-electron chi connectivity index (χ4n) is 2.27. The predicted molar refractivity (Wildman–Crippen MR) is 99.2 cm³/mol. The van der Waals surface area contributed by atoms with Gasteiger partial charge in [-0.2, -0.15) is 0 Å². The van der Waals surface area contributed by atoms with E-state index in [0.29, 0.717) is 29.6 Å². The van der Waals surface area contributed by atoms with Gasteiger partial charge in [-0.1, -0.05) is 35.1 Å². The Morgan fingerprint density at radius 1 is 1.25 bits per heavy atom. The second kappa shape index (κ2) is 7.64. The van der Waals surface area contributed by atoms with Gasteiger partial charge in [0, 0.05) is 11.4 Å². The van der Waals surface area contributed by atoms with Crippen LogP contribution in [0.3, 0.4) is 0 Å². The van der Waals surface area contributed by atoms with Gasteiger partial charge in [0.2, 0.25) is 5.91 Å². The smallest absolute Gasteiger partial charge is 0.226 e. The summed E-state index contributed by atoms with van der Waals surface area (Å²) < 4.78 is 6.65. The van der Waals surface area contributed by atoms with Crippen LogP contribution in [0.4, 0.5) is 5.13 Å². The van der Waals surface area contributed by atoms with E-state index in [4.69, 9.17) is 16.3 Å². The van der Waals surface area contributed by atoms with Crippen LogP contribution < -0.4 is 10.1 Å². The highest BCUT2D eigenvalue weighted by Gasteiger charge is 2.09. The summed E-state index contributed by atoms with van der Waals surface area (Å²) in [7, 11) is 0. The van der Waals surface area contributed by atoms with Gasteiger partial charge in [-0.05, 0) is 49.2 Å². The predicted octanol–water partition coefficient (Wildman–Crippen LogP) is 5.06. The molecule has 0 unspecified atom stereocenters. The van der Waals surface area contributed by atoms with E-state index in [2.05, 4.69) is 10.3 Å². The molecule has 2 aromatic carbocycles. The van der Waals surface area contributed by atoms with E-state index in [9.17, 15) is 4.79 Å². The fraction of sp³-hybridized carbons (Fsp3) is 0.222. The minimum atomic E-state index is -0.0496. The average Bonchev–Trinajstić information content (AvgIpc) is 2.97. The molecule has 3 aromatic rings. The van der Waals surface area contributed by atoms with E-state index in [1.54, 1.807) is 12.1 Å². The molecule has 0 saturated heterocycles. The van der Waals surface area contributed by atoms with Crippen LogP contribution in [0.2, 0.25) is 5.02 Å². The number of amides is 1. The van der Waals surface area contributed by atoms with Crippen LogP contribution in [-0.4, -0.2) is 17.5 Å². The Bertz CT molecular complexity index is 846. The molecule has 0 atom stereocenters. The lowest BCUT2D eigenvalue weighted by Crippen LogP contribution is -2.12. The molecule has 3 rings (SSSR count). The zero-order valence-corrected chi connectivity index (χ0v) is 14.8. The largest absolute Gasteiger partial charge is 0.494 e. The molecule has 1 aromatic heterocycles. The van der Waals surface area contributed by atoms with Gasteiger partial charge in [-0.3, -0.25) is 4.79 Å². The molecule has 24 heavy (non-hydrogen) atoms. The molecule has 6 heteroatoms. The van der Waals surface area contributed by atoms with Gasteiger partial charge < -0.3 is 10.1 Å². The van der Waals surface area contributed by atoms with E-state index in [-0.39, 0.29) is 5.91 Å². The van der Waals surface area contributed by atoms with Crippen LogP contribution >= 0.6 is 22.9 Å². The first-order valence-electron chi connectivity index (χ1n) is 7.66. The van der Waals surface area contributed by atoms with Crippen molar-refractivity contribution >= 4 is 44.2 Å². The number of aryl methyl sites for hydroxylation is 1. The number of hydrogen-bond acceptors (Lipinski definition) is 4. The van der Waals surface area contributed by atoms with Gasteiger partial charge in [0.1, 0.15) is 5.75 Å². The first kappa shape index (κ1) is 16.7. The van der Waals surface area contributed by atoms with Crippen LogP contribution in [-0.2, 0) is 4.79 Å². The molecule has 0 radical (unpaired) electrons. The van der Waals surface area contributed by atoms with Gasteiger partial charge in [0.15, 0.2) is 5.13 Å². The maximum atomic E-state index is 12.0. The van der Waals surface area contributed by atoms with Crippen molar-refractivity contribution in [2.75, 3.05) is 11.9 Å². The minimum absolute atomic E-state index is 0.0496. The number of anilines is 1. The minimum Gasteiger partial charge on any atom is -0.494 e. The molecule has 0 aliphatic rings. The highest BCUT2D eigenvalue weighted by Crippen LogP contribution is 2.27. The number of nitrogens with one attached hydrogen (secondary N) is 1. The van der Waals surface area contributed by atoms with E-state index < -0.39 is 0 Å². The molecular formula is C18H17ClN2O2S. The first-order valence-corrected chi connectivity index (χ1v) is 8.85. The molecule has 1 heterocycles. The number of benzene rings is 2. The highest BCUT2D eigenvalue weighted by molar-refractivity contribution is 7.22. The van der Waals surface area contributed by atoms with E-state index in [1.165, 1.54) is 11.3 Å². The van der Waals surface area contributed by atoms with Crippen LogP contribution in [0.5, 0.6) is 5.75 Å². The number of ether oxygens (including phenoxy) is 1. The van der Waals surface area contributed by atoms with Crippen molar-refractivity contribution in [2.45, 2.75) is 19.8 Å². The fourth-order valence-corrected chi connectivity index (χ4v) is 3.36. The SMILES string of the molecule is Cc1cccc2sc(NC(=O)CCCOc3ccc(Cl)cc3)nc12. The Labute approximate surface area is 149 Å². The monoisotopic (exact) mass is 360 g/mol. The lowest BCUT2D eigenvalue weighted by molar-refractivity contribution is -0.116. The number of rotatable bonds is 6. The molecule has 4 nitrogen and oxygen atoms in total. The molecule has 124 valence electrons. The molecule has 0 bridgehead atoms. The second-order valence-corrected chi connectivity index (χ2v) is 6.86. The van der Waals surface area contributed by atoms with Gasteiger partial charge in [0.25, 0.3) is 0 Å². The zero-order valence-electron chi connectivity index (χ0n) is 13.2. The topological polar surface area (TPSA) is 51.2 Å². The molecule has 0 aliphatic carbocycles. The van der Waals surface area contributed by atoms with Crippen molar-refractivity contribution in [3.8, 4) is 5.75 Å². The van der Waals surface area contributed by atoms with Gasteiger partial charge in [-0.15, -0.1) is 0 Å². The number of aromatic nitrogens is 1. The molecule has 0 fully saturated rings. The number of thiazole rings is 1. The number of halogens is 1. The normalized spacial score (nSPS) is 10.8. The first-order chi connectivity index (χ1) is 11.6. The molecule has 0 aliphatic heterocycles. The van der Waals surface area contributed by atoms with Gasteiger partial charge in [-0.25, -0.2) is 4.98 Å². The van der Waals surface area contributed by atoms with Crippen molar-refractivity contribution < 1.29 is 9.53 Å². The van der Waals surface area contributed by atoms with Crippen LogP contribution in [0.15, 0.2) is 42.5 Å². The zero-order chi connectivity index (χ0) is 16.9. The lowest BCUT2D eigenvalue weighted by atomic mass is 10.2. The summed E-state index contributed by atoms with van der Waals surface area (Å²) >= 11 is 7.31. The highest BCUT2D eigenvalue weighted by atomic mass is 35.5. The van der Waals surface area contributed by atoms with Crippen molar-refractivity contribution in [2.24, 2.45) is 0 Å². The number of carbonyl (C=O) groups excluding carboxylic acids is 1. The third kappa shape index (κ3) is 4.24. The number of hydrogen-bond donors (Lipinski definition) is 1. The summed E-state index contributed by atoms with van der Waals surface area (Å²) in [6, 6.07) is 13.2. The van der Waals surface area contributed by atoms with Crippen molar-refractivity contribution in [3.05, 3.63) is 53.1 Å². The standard InChI is InChI=1S/C18H17ClN2O2S/c1-12-4-2-5-15-17(12)21-18(24-15)20-16(22)6-3-11-23-14-9-7-13(19)8-10-14/h2,4-5,7-10H,3,6,11H2,1H3,(H,20,21,22). The third-order valence-corrected chi connectivity index (χ3v) is 4.69. The van der Waals surface area contributed by atoms with Gasteiger partial charge >= 0.3 is 0 Å². The second-order valence-electron chi connectivity index (χ2n) is 5.39. The Morgan fingerprint density at radius 2 is 2.04 bits per heavy atom. The van der Waals surface area contributed by atoms with E-state index in [0.717, 1.165) is 21.5 Å². The number of para-hydroxylation sites is 1. The van der Waals surface area contributed by atoms with Crippen LogP contribution in [0, 0.1) is 6.92 Å². The Kier molecular flexibility index (Phi) is 5.33. The summed E-state index contributed by atoms with van der Waals surface area (Å²) in [5, 5.41) is 4.18. The summed E-state index contributed by atoms with van der Waals surface area (Å²) in [5.74, 6) is 0.702. The average molecular weight is 361 g/mol. The summed E-state index contributed by atoms with van der Waals surface area (Å²) in [6.45, 7) is 2.50. The van der Waals surface area contributed by atoms with Gasteiger partial charge in [0.05, 0.1) is 16.8 Å². The maximum Gasteiger partial charge on any atom is 0.226 e. The summed E-state index contributed by atoms with van der Waals surface area (Å²) in [4.78, 5) is 16.5. The number of carbonyl (C=O) groups is 1. The third-order valence-electron chi connectivity index (χ3n) is 3.50. The molecule has 1 N–H and O–H groups in total. The molecule has 0 spiro atoms. The Hall–Kier alpha value is -2.11. The maximum absolute atomic E-state index is 12.0.